The molecule has 0 aromatic rings. The molecule has 9 heteroatoms. The van der Waals surface area contributed by atoms with E-state index in [-0.39, 0.29) is 0 Å². The van der Waals surface area contributed by atoms with Gasteiger partial charge in [0.25, 0.3) is 6.43 Å². The van der Waals surface area contributed by atoms with Crippen LogP contribution in [0.2, 0.25) is 0 Å². The van der Waals surface area contributed by atoms with E-state index < -0.39 is 37.3 Å². The molecule has 0 heterocycles. The van der Waals surface area contributed by atoms with E-state index in [0.29, 0.717) is 0 Å². The Bertz CT molecular complexity index is 176. The first-order valence-electron chi connectivity index (χ1n) is 3.52. The Hall–Kier alpha value is -0.630. The van der Waals surface area contributed by atoms with Crippen LogP contribution in [0.4, 0.5) is 39.5 Å². The highest BCUT2D eigenvalue weighted by Crippen LogP contribution is 2.42. The SMILES string of the molecule is FC(F)C(F)CC(C(F)(F)F)C(F)(F)F. The molecular weight excluding hydrogens is 243 g/mol. The first-order chi connectivity index (χ1) is 6.46. The van der Waals surface area contributed by atoms with Gasteiger partial charge in [-0.25, -0.2) is 13.2 Å². The van der Waals surface area contributed by atoms with Gasteiger partial charge in [-0.3, -0.25) is 0 Å². The highest BCUT2D eigenvalue weighted by Gasteiger charge is 2.57. The number of rotatable bonds is 3. The summed E-state index contributed by atoms with van der Waals surface area (Å²) in [6.07, 6.45) is -21.2. The molecule has 92 valence electrons. The van der Waals surface area contributed by atoms with Gasteiger partial charge in [-0.1, -0.05) is 0 Å². The lowest BCUT2D eigenvalue weighted by atomic mass is 10.0. The Kier molecular flexibility index (Phi) is 4.29. The van der Waals surface area contributed by atoms with Gasteiger partial charge in [0.2, 0.25) is 0 Å². The van der Waals surface area contributed by atoms with Gasteiger partial charge in [-0.15, -0.1) is 0 Å². The molecule has 1 unspecified atom stereocenters. The molecule has 0 saturated carbocycles. The van der Waals surface area contributed by atoms with Crippen molar-refractivity contribution in [3.8, 4) is 0 Å². The quantitative estimate of drug-likeness (QED) is 0.667. The van der Waals surface area contributed by atoms with Gasteiger partial charge >= 0.3 is 12.4 Å². The van der Waals surface area contributed by atoms with Crippen LogP contribution in [0.25, 0.3) is 0 Å². The smallest absolute Gasteiger partial charge is 0.241 e. The van der Waals surface area contributed by atoms with E-state index >= 15 is 0 Å². The van der Waals surface area contributed by atoms with Crippen LogP contribution in [-0.2, 0) is 0 Å². The first kappa shape index (κ1) is 14.4. The molecule has 0 N–H and O–H groups in total. The standard InChI is InChI=1S/C6H5F9/c7-2(4(8)9)1-3(5(10,11)12)6(13,14)15/h2-4H,1H2. The summed E-state index contributed by atoms with van der Waals surface area (Å²) in [5, 5.41) is 0. The number of hydrogen-bond acceptors (Lipinski definition) is 0. The summed E-state index contributed by atoms with van der Waals surface area (Å²) < 4.78 is 105. The molecule has 15 heavy (non-hydrogen) atoms. The predicted molar refractivity (Wildman–Crippen MR) is 31.1 cm³/mol. The van der Waals surface area contributed by atoms with Gasteiger partial charge in [0.15, 0.2) is 12.1 Å². The van der Waals surface area contributed by atoms with E-state index in [1.807, 2.05) is 0 Å². The second-order valence-corrected chi connectivity index (χ2v) is 2.72. The molecule has 0 spiro atoms. The highest BCUT2D eigenvalue weighted by atomic mass is 19.4. The van der Waals surface area contributed by atoms with Crippen LogP contribution >= 0.6 is 0 Å². The fraction of sp³-hybridized carbons (Fsp3) is 1.00. The molecule has 0 rings (SSSR count). The lowest BCUT2D eigenvalue weighted by Gasteiger charge is -2.23. The fourth-order valence-corrected chi connectivity index (χ4v) is 0.781. The average Bonchev–Trinajstić information content (AvgIpc) is 1.94. The molecule has 1 atom stereocenters. The van der Waals surface area contributed by atoms with Gasteiger partial charge in [0.1, 0.15) is 0 Å². The largest absolute Gasteiger partial charge is 0.400 e. The minimum atomic E-state index is -5.78. The van der Waals surface area contributed by atoms with E-state index in [1.54, 1.807) is 0 Å². The highest BCUT2D eigenvalue weighted by molar-refractivity contribution is 4.79. The Labute approximate surface area is 78.1 Å². The number of halogens is 9. The monoisotopic (exact) mass is 248 g/mol. The molecule has 0 aliphatic heterocycles. The Morgan fingerprint density at radius 2 is 1.07 bits per heavy atom. The predicted octanol–water partition coefficient (Wildman–Crippen LogP) is 3.72. The van der Waals surface area contributed by atoms with Crippen LogP contribution in [0.15, 0.2) is 0 Å². The van der Waals surface area contributed by atoms with E-state index in [4.69, 9.17) is 0 Å². The molecule has 0 amide bonds. The van der Waals surface area contributed by atoms with Gasteiger partial charge in [0, 0.05) is 6.42 Å². The second-order valence-electron chi connectivity index (χ2n) is 2.72. The zero-order valence-electron chi connectivity index (χ0n) is 6.84. The molecule has 0 aliphatic carbocycles. The van der Waals surface area contributed by atoms with Crippen molar-refractivity contribution in [2.75, 3.05) is 0 Å². The topological polar surface area (TPSA) is 0 Å². The van der Waals surface area contributed by atoms with Crippen LogP contribution in [0.1, 0.15) is 6.42 Å². The van der Waals surface area contributed by atoms with Crippen molar-refractivity contribution in [3.63, 3.8) is 0 Å². The maximum absolute atomic E-state index is 12.1. The first-order valence-corrected chi connectivity index (χ1v) is 3.52. The van der Waals surface area contributed by atoms with Crippen LogP contribution in [0.3, 0.4) is 0 Å². The van der Waals surface area contributed by atoms with Crippen LogP contribution in [0, 0.1) is 5.92 Å². The number of hydrogen-bond donors (Lipinski definition) is 0. The molecule has 0 aromatic carbocycles. The zero-order chi connectivity index (χ0) is 12.4. The molecule has 0 nitrogen and oxygen atoms in total. The number of alkyl halides is 9. The minimum Gasteiger partial charge on any atom is -0.241 e. The van der Waals surface area contributed by atoms with E-state index in [1.165, 1.54) is 0 Å². The summed E-state index contributed by atoms with van der Waals surface area (Å²) >= 11 is 0. The molecule has 0 aliphatic rings. The summed E-state index contributed by atoms with van der Waals surface area (Å²) in [6.45, 7) is 0. The lowest BCUT2D eigenvalue weighted by Crippen LogP contribution is -2.39. The van der Waals surface area contributed by atoms with Crippen molar-refractivity contribution in [2.45, 2.75) is 31.4 Å². The molecular formula is C6H5F9. The minimum absolute atomic E-state index is 2.31. The summed E-state index contributed by atoms with van der Waals surface area (Å²) in [4.78, 5) is 0. The molecule has 0 aromatic heterocycles. The van der Waals surface area contributed by atoms with E-state index in [0.717, 1.165) is 0 Å². The zero-order valence-corrected chi connectivity index (χ0v) is 6.84. The van der Waals surface area contributed by atoms with Gasteiger partial charge in [0.05, 0.1) is 0 Å². The Balaban J connectivity index is 4.69. The molecule has 0 saturated heterocycles. The van der Waals surface area contributed by atoms with Gasteiger partial charge in [-0.05, 0) is 0 Å². The fourth-order valence-electron chi connectivity index (χ4n) is 0.781. The molecule has 0 bridgehead atoms. The second kappa shape index (κ2) is 4.48. The van der Waals surface area contributed by atoms with Gasteiger partial charge in [-0.2, -0.15) is 26.3 Å². The lowest BCUT2D eigenvalue weighted by molar-refractivity contribution is -0.290. The molecule has 0 radical (unpaired) electrons. The van der Waals surface area contributed by atoms with Crippen LogP contribution in [-0.4, -0.2) is 24.9 Å². The van der Waals surface area contributed by atoms with Crippen molar-refractivity contribution in [3.05, 3.63) is 0 Å². The van der Waals surface area contributed by atoms with Gasteiger partial charge < -0.3 is 0 Å². The summed E-state index contributed by atoms with van der Waals surface area (Å²) in [5.41, 5.74) is 0. The van der Waals surface area contributed by atoms with Crippen molar-refractivity contribution in [2.24, 2.45) is 5.92 Å². The molecule has 0 fully saturated rings. The van der Waals surface area contributed by atoms with Crippen molar-refractivity contribution >= 4 is 0 Å². The van der Waals surface area contributed by atoms with E-state index in [2.05, 4.69) is 0 Å². The Morgan fingerprint density at radius 1 is 0.733 bits per heavy atom. The summed E-state index contributed by atoms with van der Waals surface area (Å²) in [5.74, 6) is -4.06. The average molecular weight is 248 g/mol. The normalized spacial score (nSPS) is 16.2. The van der Waals surface area contributed by atoms with Crippen LogP contribution in [0.5, 0.6) is 0 Å². The third-order valence-electron chi connectivity index (χ3n) is 1.52. The van der Waals surface area contributed by atoms with Crippen LogP contribution < -0.4 is 0 Å². The third-order valence-corrected chi connectivity index (χ3v) is 1.52. The summed E-state index contributed by atoms with van der Waals surface area (Å²) in [7, 11) is 0. The van der Waals surface area contributed by atoms with Crippen molar-refractivity contribution < 1.29 is 39.5 Å². The Morgan fingerprint density at radius 3 is 1.27 bits per heavy atom. The maximum Gasteiger partial charge on any atom is 0.400 e. The summed E-state index contributed by atoms with van der Waals surface area (Å²) in [6, 6.07) is 0. The van der Waals surface area contributed by atoms with Crippen molar-refractivity contribution in [1.29, 1.82) is 0 Å². The van der Waals surface area contributed by atoms with Crippen molar-refractivity contribution in [1.82, 2.24) is 0 Å². The third kappa shape index (κ3) is 4.61. The van der Waals surface area contributed by atoms with E-state index in [9.17, 15) is 39.5 Å². The maximum atomic E-state index is 12.1.